The molecule has 1 atom stereocenters. The number of amides is 1. The summed E-state index contributed by atoms with van der Waals surface area (Å²) >= 11 is 0. The van der Waals surface area contributed by atoms with Crippen molar-refractivity contribution in [2.75, 3.05) is 25.6 Å². The third-order valence-electron chi connectivity index (χ3n) is 5.62. The van der Waals surface area contributed by atoms with Crippen LogP contribution in [-0.4, -0.2) is 53.4 Å². The van der Waals surface area contributed by atoms with E-state index in [0.717, 1.165) is 31.2 Å². The molecule has 1 saturated heterocycles. The van der Waals surface area contributed by atoms with E-state index < -0.39 is 6.36 Å². The van der Waals surface area contributed by atoms with Crippen LogP contribution in [0, 0.1) is 0 Å². The highest BCUT2D eigenvalue weighted by atomic mass is 19.4. The van der Waals surface area contributed by atoms with Gasteiger partial charge in [-0.3, -0.25) is 4.79 Å². The zero-order valence-electron chi connectivity index (χ0n) is 17.7. The van der Waals surface area contributed by atoms with E-state index in [1.165, 1.54) is 24.5 Å². The first-order valence-corrected chi connectivity index (χ1v) is 10.6. The summed E-state index contributed by atoms with van der Waals surface area (Å²) in [7, 11) is 1.61. The Balaban J connectivity index is 1.40. The maximum Gasteiger partial charge on any atom is 0.573 e. The zero-order valence-corrected chi connectivity index (χ0v) is 17.7. The fourth-order valence-corrected chi connectivity index (χ4v) is 3.98. The van der Waals surface area contributed by atoms with Gasteiger partial charge >= 0.3 is 6.36 Å². The summed E-state index contributed by atoms with van der Waals surface area (Å²) in [5.74, 6) is 0.199. The number of rotatable bonds is 8. The number of anilines is 1. The molecule has 1 aliphatic heterocycles. The lowest BCUT2D eigenvalue weighted by Crippen LogP contribution is -2.38. The van der Waals surface area contributed by atoms with Crippen LogP contribution in [0.4, 0.5) is 19.1 Å². The number of methoxy groups -OCH3 is 1. The van der Waals surface area contributed by atoms with Crippen molar-refractivity contribution < 1.29 is 27.4 Å². The van der Waals surface area contributed by atoms with Gasteiger partial charge < -0.3 is 19.7 Å². The van der Waals surface area contributed by atoms with Crippen LogP contribution in [0.2, 0.25) is 0 Å². The molecule has 1 amide bonds. The number of ether oxygens (including phenoxy) is 2. The van der Waals surface area contributed by atoms with Crippen LogP contribution in [0.1, 0.15) is 53.1 Å². The van der Waals surface area contributed by atoms with Crippen LogP contribution < -0.4 is 10.1 Å². The van der Waals surface area contributed by atoms with Gasteiger partial charge in [-0.25, -0.2) is 9.97 Å². The Labute approximate surface area is 183 Å². The van der Waals surface area contributed by atoms with Gasteiger partial charge in [0.2, 0.25) is 5.95 Å². The molecule has 7 nitrogen and oxygen atoms in total. The lowest BCUT2D eigenvalue weighted by atomic mass is 10.1. The van der Waals surface area contributed by atoms with Crippen molar-refractivity contribution in [3.63, 3.8) is 0 Å². The van der Waals surface area contributed by atoms with Crippen molar-refractivity contribution in [1.82, 2.24) is 14.9 Å². The van der Waals surface area contributed by atoms with Crippen LogP contribution in [0.5, 0.6) is 5.75 Å². The lowest BCUT2D eigenvalue weighted by Gasteiger charge is -2.23. The first-order valence-electron chi connectivity index (χ1n) is 10.6. The third-order valence-corrected chi connectivity index (χ3v) is 5.62. The first-order chi connectivity index (χ1) is 15.3. The number of carbonyl (C=O) groups is 1. The van der Waals surface area contributed by atoms with Gasteiger partial charge in [0.25, 0.3) is 5.91 Å². The largest absolute Gasteiger partial charge is 0.573 e. The number of aromatic nitrogens is 2. The van der Waals surface area contributed by atoms with Gasteiger partial charge in [0, 0.05) is 32.6 Å². The van der Waals surface area contributed by atoms with Crippen molar-refractivity contribution in [1.29, 1.82) is 0 Å². The first kappa shape index (κ1) is 22.3. The summed E-state index contributed by atoms with van der Waals surface area (Å²) in [4.78, 5) is 22.9. The topological polar surface area (TPSA) is 76.6 Å². The normalized spacial score (nSPS) is 18.6. The molecule has 1 unspecified atom stereocenters. The SMILES string of the molecule is COCC1CCCN1C(=O)c1cnc(NCc2cc(OC(F)(F)F)cc(C3CC3)c2)nc1. The predicted octanol–water partition coefficient (Wildman–Crippen LogP) is 4.12. The Morgan fingerprint density at radius 1 is 1.19 bits per heavy atom. The van der Waals surface area contributed by atoms with Crippen molar-refractivity contribution in [3.8, 4) is 5.75 Å². The number of nitrogens with zero attached hydrogens (tertiary/aromatic N) is 3. The maximum atomic E-state index is 12.7. The molecule has 32 heavy (non-hydrogen) atoms. The van der Waals surface area contributed by atoms with Crippen molar-refractivity contribution in [2.45, 2.75) is 50.6 Å². The second-order valence-corrected chi connectivity index (χ2v) is 8.13. The maximum absolute atomic E-state index is 12.7. The monoisotopic (exact) mass is 450 g/mol. The van der Waals surface area contributed by atoms with Crippen molar-refractivity contribution in [3.05, 3.63) is 47.3 Å². The van der Waals surface area contributed by atoms with Gasteiger partial charge in [0.1, 0.15) is 5.75 Å². The number of hydrogen-bond donors (Lipinski definition) is 1. The standard InChI is InChI=1S/C22H25F3N4O3/c1-31-13-18-3-2-6-29(18)20(30)17-11-27-21(28-12-17)26-10-14-7-16(15-4-5-15)9-19(8-14)32-22(23,24)25/h7-9,11-12,15,18H,2-6,10,13H2,1H3,(H,26,27,28). The van der Waals surface area contributed by atoms with Crippen LogP contribution in [-0.2, 0) is 11.3 Å². The van der Waals surface area contributed by atoms with Gasteiger partial charge in [-0.05, 0) is 54.9 Å². The van der Waals surface area contributed by atoms with E-state index in [1.54, 1.807) is 12.0 Å². The summed E-state index contributed by atoms with van der Waals surface area (Å²) in [5, 5.41) is 3.00. The van der Waals surface area contributed by atoms with E-state index in [-0.39, 0.29) is 36.1 Å². The highest BCUT2D eigenvalue weighted by Gasteiger charge is 2.32. The van der Waals surface area contributed by atoms with Crippen LogP contribution in [0.3, 0.4) is 0 Å². The van der Waals surface area contributed by atoms with E-state index in [1.807, 2.05) is 6.07 Å². The Bertz CT molecular complexity index is 948. The fraction of sp³-hybridized carbons (Fsp3) is 0.500. The van der Waals surface area contributed by atoms with E-state index in [0.29, 0.717) is 24.3 Å². The number of hydrogen-bond acceptors (Lipinski definition) is 6. The average molecular weight is 450 g/mol. The van der Waals surface area contributed by atoms with Crippen LogP contribution in [0.25, 0.3) is 0 Å². The highest BCUT2D eigenvalue weighted by Crippen LogP contribution is 2.42. The number of benzene rings is 1. The smallest absolute Gasteiger partial charge is 0.406 e. The molecule has 1 aromatic heterocycles. The summed E-state index contributed by atoms with van der Waals surface area (Å²) in [5.41, 5.74) is 1.86. The Morgan fingerprint density at radius 2 is 1.94 bits per heavy atom. The number of nitrogens with one attached hydrogen (secondary N) is 1. The van der Waals surface area contributed by atoms with Crippen molar-refractivity contribution in [2.24, 2.45) is 0 Å². The molecule has 2 heterocycles. The molecule has 4 rings (SSSR count). The predicted molar refractivity (Wildman–Crippen MR) is 110 cm³/mol. The molecular formula is C22H25F3N4O3. The third kappa shape index (κ3) is 5.67. The Morgan fingerprint density at radius 3 is 2.59 bits per heavy atom. The molecule has 1 N–H and O–H groups in total. The van der Waals surface area contributed by atoms with E-state index >= 15 is 0 Å². The van der Waals surface area contributed by atoms with Gasteiger partial charge in [0.05, 0.1) is 18.2 Å². The molecule has 0 radical (unpaired) electrons. The summed E-state index contributed by atoms with van der Waals surface area (Å²) in [6, 6.07) is 4.72. The van der Waals surface area contributed by atoms with Gasteiger partial charge in [0.15, 0.2) is 0 Å². The van der Waals surface area contributed by atoms with Crippen LogP contribution >= 0.6 is 0 Å². The molecule has 10 heteroatoms. The second-order valence-electron chi connectivity index (χ2n) is 8.13. The number of likely N-dealkylation sites (tertiary alicyclic amines) is 1. The molecule has 2 fully saturated rings. The highest BCUT2D eigenvalue weighted by molar-refractivity contribution is 5.94. The Hall–Kier alpha value is -2.88. The number of carbonyl (C=O) groups excluding carboxylic acids is 1. The molecule has 1 aliphatic carbocycles. The molecule has 0 bridgehead atoms. The van der Waals surface area contributed by atoms with Crippen LogP contribution in [0.15, 0.2) is 30.6 Å². The van der Waals surface area contributed by atoms with E-state index in [4.69, 9.17) is 4.74 Å². The number of halogens is 3. The number of alkyl halides is 3. The summed E-state index contributed by atoms with van der Waals surface area (Å²) in [6.45, 7) is 1.39. The zero-order chi connectivity index (χ0) is 22.7. The molecule has 1 aromatic carbocycles. The molecular weight excluding hydrogens is 425 g/mol. The fourth-order valence-electron chi connectivity index (χ4n) is 3.98. The molecule has 2 aromatic rings. The van der Waals surface area contributed by atoms with Gasteiger partial charge in [-0.2, -0.15) is 0 Å². The molecule has 0 spiro atoms. The Kier molecular flexibility index (Phi) is 6.50. The summed E-state index contributed by atoms with van der Waals surface area (Å²) in [6.07, 6.45) is 1.93. The van der Waals surface area contributed by atoms with E-state index in [2.05, 4.69) is 20.0 Å². The molecule has 1 saturated carbocycles. The van der Waals surface area contributed by atoms with Gasteiger partial charge in [-0.1, -0.05) is 6.07 Å². The molecule has 172 valence electrons. The quantitative estimate of drug-likeness (QED) is 0.652. The van der Waals surface area contributed by atoms with Gasteiger partial charge in [-0.15, -0.1) is 13.2 Å². The van der Waals surface area contributed by atoms with E-state index in [9.17, 15) is 18.0 Å². The minimum atomic E-state index is -4.74. The van der Waals surface area contributed by atoms with Crippen molar-refractivity contribution >= 4 is 11.9 Å². The minimum absolute atomic E-state index is 0.0529. The summed E-state index contributed by atoms with van der Waals surface area (Å²) < 4.78 is 47.3. The lowest BCUT2D eigenvalue weighted by molar-refractivity contribution is -0.274. The molecule has 2 aliphatic rings. The minimum Gasteiger partial charge on any atom is -0.406 e. The second kappa shape index (κ2) is 9.32. The average Bonchev–Trinajstić information content (AvgIpc) is 3.50.